The first-order valence-electron chi connectivity index (χ1n) is 9.67. The Morgan fingerprint density at radius 1 is 0.897 bits per heavy atom. The number of likely N-dealkylation sites (tertiary alicyclic amines) is 2. The van der Waals surface area contributed by atoms with Gasteiger partial charge in [0.15, 0.2) is 11.6 Å². The first-order valence-corrected chi connectivity index (χ1v) is 9.67. The van der Waals surface area contributed by atoms with Crippen LogP contribution in [0.1, 0.15) is 35.2 Å². The van der Waals surface area contributed by atoms with Crippen LogP contribution in [-0.4, -0.2) is 41.2 Å². The zero-order valence-corrected chi connectivity index (χ0v) is 15.8. The number of carbonyl (C=O) groups excluding carboxylic acids is 2. The highest BCUT2D eigenvalue weighted by atomic mass is 19.2. The third kappa shape index (κ3) is 3.61. The van der Waals surface area contributed by atoms with Crippen molar-refractivity contribution >= 4 is 11.8 Å². The molecule has 152 valence electrons. The van der Waals surface area contributed by atoms with Crippen LogP contribution in [0.3, 0.4) is 0 Å². The van der Waals surface area contributed by atoms with E-state index in [1.807, 2.05) is 18.2 Å². The predicted octanol–water partition coefficient (Wildman–Crippen LogP) is 3.76. The molecule has 0 N–H and O–H groups in total. The summed E-state index contributed by atoms with van der Waals surface area (Å²) in [4.78, 5) is 28.9. The van der Waals surface area contributed by atoms with Crippen molar-refractivity contribution in [2.24, 2.45) is 5.41 Å². The van der Waals surface area contributed by atoms with E-state index < -0.39 is 22.9 Å². The molecule has 2 fully saturated rings. The second-order valence-electron chi connectivity index (χ2n) is 7.77. The molecule has 4 rings (SSSR count). The second kappa shape index (κ2) is 7.54. The maximum Gasteiger partial charge on any atom is 0.253 e. The maximum absolute atomic E-state index is 14.0. The van der Waals surface area contributed by atoms with E-state index in [0.717, 1.165) is 6.07 Å². The number of amides is 2. The van der Waals surface area contributed by atoms with Crippen molar-refractivity contribution in [1.29, 1.82) is 0 Å². The fraction of sp³-hybridized carbons (Fsp3) is 0.364. The summed E-state index contributed by atoms with van der Waals surface area (Å²) < 4.78 is 40.5. The Morgan fingerprint density at radius 2 is 1.52 bits per heavy atom. The Labute approximate surface area is 166 Å². The SMILES string of the molecule is O=C(c1ccccc1)N1CCC2(CC1)CCN(Cc1cc(F)c(F)cc1F)C2=O. The van der Waals surface area contributed by atoms with Crippen LogP contribution in [0, 0.1) is 22.9 Å². The van der Waals surface area contributed by atoms with Gasteiger partial charge in [-0.3, -0.25) is 9.59 Å². The summed E-state index contributed by atoms with van der Waals surface area (Å²) in [5.41, 5.74) is 0.0188. The van der Waals surface area contributed by atoms with Gasteiger partial charge in [-0.1, -0.05) is 18.2 Å². The zero-order valence-electron chi connectivity index (χ0n) is 15.8. The van der Waals surface area contributed by atoms with Crippen LogP contribution in [0.25, 0.3) is 0 Å². The smallest absolute Gasteiger partial charge is 0.253 e. The average Bonchev–Trinajstić information content (AvgIpc) is 3.02. The third-order valence-corrected chi connectivity index (χ3v) is 6.08. The molecule has 2 aliphatic rings. The molecule has 2 amide bonds. The minimum absolute atomic E-state index is 0.0361. The van der Waals surface area contributed by atoms with Gasteiger partial charge in [-0.15, -0.1) is 0 Å². The van der Waals surface area contributed by atoms with Crippen molar-refractivity contribution < 1.29 is 22.8 Å². The Balaban J connectivity index is 1.42. The molecule has 2 heterocycles. The highest BCUT2D eigenvalue weighted by molar-refractivity contribution is 5.94. The first kappa shape index (κ1) is 19.5. The molecular weight excluding hydrogens is 381 g/mol. The molecule has 0 atom stereocenters. The molecule has 29 heavy (non-hydrogen) atoms. The van der Waals surface area contributed by atoms with Gasteiger partial charge < -0.3 is 9.80 Å². The van der Waals surface area contributed by atoms with Crippen LogP contribution in [0.2, 0.25) is 0 Å². The minimum atomic E-state index is -1.24. The van der Waals surface area contributed by atoms with Crippen molar-refractivity contribution in [3.05, 3.63) is 71.0 Å². The van der Waals surface area contributed by atoms with Gasteiger partial charge in [-0.25, -0.2) is 13.2 Å². The Morgan fingerprint density at radius 3 is 2.21 bits per heavy atom. The number of rotatable bonds is 3. The van der Waals surface area contributed by atoms with Crippen molar-refractivity contribution in [3.63, 3.8) is 0 Å². The van der Waals surface area contributed by atoms with Crippen LogP contribution >= 0.6 is 0 Å². The van der Waals surface area contributed by atoms with Gasteiger partial charge in [0.25, 0.3) is 5.91 Å². The number of carbonyl (C=O) groups is 2. The molecule has 0 saturated carbocycles. The molecule has 0 aliphatic carbocycles. The predicted molar refractivity (Wildman–Crippen MR) is 100 cm³/mol. The molecule has 1 spiro atoms. The number of hydrogen-bond acceptors (Lipinski definition) is 2. The van der Waals surface area contributed by atoms with E-state index in [1.54, 1.807) is 17.0 Å². The average molecular weight is 402 g/mol. The van der Waals surface area contributed by atoms with E-state index in [0.29, 0.717) is 50.5 Å². The molecule has 0 unspecified atom stereocenters. The van der Waals surface area contributed by atoms with Crippen molar-refractivity contribution in [1.82, 2.24) is 9.80 Å². The number of hydrogen-bond donors (Lipinski definition) is 0. The van der Waals surface area contributed by atoms with E-state index in [9.17, 15) is 22.8 Å². The maximum atomic E-state index is 14.0. The zero-order chi connectivity index (χ0) is 20.6. The lowest BCUT2D eigenvalue weighted by molar-refractivity contribution is -0.138. The molecule has 0 bridgehead atoms. The van der Waals surface area contributed by atoms with Gasteiger partial charge in [0, 0.05) is 43.4 Å². The van der Waals surface area contributed by atoms with E-state index in [1.165, 1.54) is 4.90 Å². The molecule has 0 aromatic heterocycles. The standard InChI is InChI=1S/C22H21F3N2O2/c23-17-13-19(25)18(24)12-16(17)14-27-11-8-22(21(27)29)6-9-26(10-7-22)20(28)15-4-2-1-3-5-15/h1-5,12-13H,6-11,14H2. The van der Waals surface area contributed by atoms with Crippen LogP contribution in [0.4, 0.5) is 13.2 Å². The summed E-state index contributed by atoms with van der Waals surface area (Å²) in [6.07, 6.45) is 1.70. The Bertz CT molecular complexity index is 941. The topological polar surface area (TPSA) is 40.6 Å². The molecule has 2 aromatic carbocycles. The van der Waals surface area contributed by atoms with Crippen LogP contribution < -0.4 is 0 Å². The molecule has 4 nitrogen and oxygen atoms in total. The number of piperidine rings is 1. The van der Waals surface area contributed by atoms with E-state index in [4.69, 9.17) is 0 Å². The minimum Gasteiger partial charge on any atom is -0.339 e. The molecule has 7 heteroatoms. The molecule has 2 aromatic rings. The van der Waals surface area contributed by atoms with E-state index in [2.05, 4.69) is 0 Å². The van der Waals surface area contributed by atoms with Gasteiger partial charge in [0.1, 0.15) is 5.82 Å². The Hall–Kier alpha value is -2.83. The van der Waals surface area contributed by atoms with E-state index >= 15 is 0 Å². The fourth-order valence-corrected chi connectivity index (χ4v) is 4.30. The van der Waals surface area contributed by atoms with Gasteiger partial charge >= 0.3 is 0 Å². The molecule has 0 radical (unpaired) electrons. The largest absolute Gasteiger partial charge is 0.339 e. The first-order chi connectivity index (χ1) is 13.9. The summed E-state index contributed by atoms with van der Waals surface area (Å²) in [5.74, 6) is -3.39. The summed E-state index contributed by atoms with van der Waals surface area (Å²) in [7, 11) is 0. The van der Waals surface area contributed by atoms with Gasteiger partial charge in [-0.05, 0) is 37.5 Å². The summed E-state index contributed by atoms with van der Waals surface area (Å²) >= 11 is 0. The lowest BCUT2D eigenvalue weighted by Gasteiger charge is -2.38. The molecule has 2 saturated heterocycles. The highest BCUT2D eigenvalue weighted by Crippen LogP contribution is 2.42. The molecular formula is C22H21F3N2O2. The van der Waals surface area contributed by atoms with Crippen LogP contribution in [-0.2, 0) is 11.3 Å². The Kier molecular flexibility index (Phi) is 5.06. The lowest BCUT2D eigenvalue weighted by Crippen LogP contribution is -2.46. The van der Waals surface area contributed by atoms with Crippen molar-refractivity contribution in [3.8, 4) is 0 Å². The monoisotopic (exact) mass is 402 g/mol. The summed E-state index contributed by atoms with van der Waals surface area (Å²) in [5, 5.41) is 0. The lowest BCUT2D eigenvalue weighted by atomic mass is 9.77. The quantitative estimate of drug-likeness (QED) is 0.734. The fourth-order valence-electron chi connectivity index (χ4n) is 4.30. The summed E-state index contributed by atoms with van der Waals surface area (Å²) in [6, 6.07) is 10.3. The van der Waals surface area contributed by atoms with Gasteiger partial charge in [-0.2, -0.15) is 0 Å². The van der Waals surface area contributed by atoms with Crippen molar-refractivity contribution in [2.45, 2.75) is 25.8 Å². The number of nitrogens with zero attached hydrogens (tertiary/aromatic N) is 2. The van der Waals surface area contributed by atoms with Gasteiger partial charge in [0.2, 0.25) is 5.91 Å². The number of halogens is 3. The number of benzene rings is 2. The third-order valence-electron chi connectivity index (χ3n) is 6.08. The summed E-state index contributed by atoms with van der Waals surface area (Å²) in [6.45, 7) is 1.31. The second-order valence-corrected chi connectivity index (χ2v) is 7.77. The van der Waals surface area contributed by atoms with Crippen LogP contribution in [0.5, 0.6) is 0 Å². The normalized spacial score (nSPS) is 18.5. The highest BCUT2D eigenvalue weighted by Gasteiger charge is 2.48. The van der Waals surface area contributed by atoms with Crippen LogP contribution in [0.15, 0.2) is 42.5 Å². The van der Waals surface area contributed by atoms with Crippen molar-refractivity contribution in [2.75, 3.05) is 19.6 Å². The molecule has 2 aliphatic heterocycles. The van der Waals surface area contributed by atoms with Gasteiger partial charge in [0.05, 0.1) is 5.41 Å². The van der Waals surface area contributed by atoms with E-state index in [-0.39, 0.29) is 23.9 Å².